The van der Waals surface area contributed by atoms with Crippen LogP contribution in [0.25, 0.3) is 0 Å². The fourth-order valence-electron chi connectivity index (χ4n) is 3.61. The molecule has 116 valence electrons. The van der Waals surface area contributed by atoms with Crippen LogP contribution in [0, 0.1) is 12.3 Å². The third-order valence-corrected chi connectivity index (χ3v) is 5.07. The predicted octanol–water partition coefficient (Wildman–Crippen LogP) is 2.32. The molecule has 1 aromatic heterocycles. The summed E-state index contributed by atoms with van der Waals surface area (Å²) in [5, 5.41) is 7.45. The molecule has 3 heterocycles. The third kappa shape index (κ3) is 2.59. The second-order valence-corrected chi connectivity index (χ2v) is 6.88. The van der Waals surface area contributed by atoms with Crippen molar-refractivity contribution in [3.8, 4) is 0 Å². The first-order valence-electron chi connectivity index (χ1n) is 7.99. The van der Waals surface area contributed by atoms with Crippen molar-refractivity contribution < 1.29 is 9.32 Å². The molecule has 0 radical (unpaired) electrons. The van der Waals surface area contributed by atoms with E-state index in [2.05, 4.69) is 10.5 Å². The number of nitrogens with zero attached hydrogens (tertiary/aromatic N) is 2. The van der Waals surface area contributed by atoms with E-state index in [1.807, 2.05) is 25.7 Å². The van der Waals surface area contributed by atoms with Crippen LogP contribution >= 0.6 is 0 Å². The highest BCUT2D eigenvalue weighted by atomic mass is 16.5. The number of hydrogen-bond acceptors (Lipinski definition) is 4. The summed E-state index contributed by atoms with van der Waals surface area (Å²) < 4.78 is 5.35. The summed E-state index contributed by atoms with van der Waals surface area (Å²) in [5.74, 6) is 0.999. The number of aromatic nitrogens is 1. The molecule has 1 spiro atoms. The molecule has 2 saturated heterocycles. The van der Waals surface area contributed by atoms with Gasteiger partial charge in [0.25, 0.3) is 5.91 Å². The van der Waals surface area contributed by atoms with Crippen molar-refractivity contribution in [2.45, 2.75) is 46.0 Å². The lowest BCUT2D eigenvalue weighted by Gasteiger charge is -2.38. The number of piperidine rings is 1. The standard InChI is InChI=1S/C16H25N3O2/c1-11(2)14-13(12(3)18-21-14)15(20)19-8-5-16(6-9-19)4-7-17-10-16/h11,17H,4-10H2,1-3H3. The molecule has 2 aliphatic rings. The number of amides is 1. The van der Waals surface area contributed by atoms with Crippen LogP contribution in [-0.4, -0.2) is 42.1 Å². The van der Waals surface area contributed by atoms with Gasteiger partial charge in [0.15, 0.2) is 5.76 Å². The Morgan fingerprint density at radius 2 is 2.05 bits per heavy atom. The van der Waals surface area contributed by atoms with Crippen LogP contribution in [0.2, 0.25) is 0 Å². The average Bonchev–Trinajstić information content (AvgIpc) is 3.06. The van der Waals surface area contributed by atoms with E-state index in [-0.39, 0.29) is 11.8 Å². The van der Waals surface area contributed by atoms with Crippen LogP contribution in [0.3, 0.4) is 0 Å². The molecular formula is C16H25N3O2. The van der Waals surface area contributed by atoms with Crippen molar-refractivity contribution in [3.63, 3.8) is 0 Å². The normalized spacial score (nSPS) is 21.4. The molecule has 2 aliphatic heterocycles. The van der Waals surface area contributed by atoms with Gasteiger partial charge in [-0.3, -0.25) is 4.79 Å². The number of carbonyl (C=O) groups is 1. The zero-order chi connectivity index (χ0) is 15.0. The van der Waals surface area contributed by atoms with Crippen LogP contribution in [0.4, 0.5) is 0 Å². The van der Waals surface area contributed by atoms with Crippen LogP contribution in [0.1, 0.15) is 60.8 Å². The van der Waals surface area contributed by atoms with Crippen molar-refractivity contribution in [1.82, 2.24) is 15.4 Å². The minimum Gasteiger partial charge on any atom is -0.360 e. The summed E-state index contributed by atoms with van der Waals surface area (Å²) in [7, 11) is 0. The Labute approximate surface area is 126 Å². The molecule has 21 heavy (non-hydrogen) atoms. The third-order valence-electron chi connectivity index (χ3n) is 5.07. The second-order valence-electron chi connectivity index (χ2n) is 6.88. The fraction of sp³-hybridized carbons (Fsp3) is 0.750. The van der Waals surface area contributed by atoms with Crippen LogP contribution in [0.15, 0.2) is 4.52 Å². The van der Waals surface area contributed by atoms with E-state index >= 15 is 0 Å². The largest absolute Gasteiger partial charge is 0.360 e. The number of hydrogen-bond donors (Lipinski definition) is 1. The molecule has 0 bridgehead atoms. The predicted molar refractivity (Wildman–Crippen MR) is 80.4 cm³/mol. The van der Waals surface area contributed by atoms with Gasteiger partial charge in [0.05, 0.1) is 5.69 Å². The Morgan fingerprint density at radius 3 is 2.62 bits per heavy atom. The monoisotopic (exact) mass is 291 g/mol. The molecule has 5 nitrogen and oxygen atoms in total. The van der Waals surface area contributed by atoms with Crippen molar-refractivity contribution in [2.24, 2.45) is 5.41 Å². The Bertz CT molecular complexity index is 520. The van der Waals surface area contributed by atoms with Gasteiger partial charge in [-0.15, -0.1) is 0 Å². The van der Waals surface area contributed by atoms with Crippen LogP contribution < -0.4 is 5.32 Å². The van der Waals surface area contributed by atoms with Crippen molar-refractivity contribution >= 4 is 5.91 Å². The Hall–Kier alpha value is -1.36. The SMILES string of the molecule is Cc1noc(C(C)C)c1C(=O)N1CCC2(CCNC2)CC1. The van der Waals surface area contributed by atoms with Gasteiger partial charge in [-0.2, -0.15) is 0 Å². The molecule has 1 N–H and O–H groups in total. The molecule has 0 aliphatic carbocycles. The van der Waals surface area contributed by atoms with E-state index in [1.165, 1.54) is 6.42 Å². The van der Waals surface area contributed by atoms with E-state index in [0.29, 0.717) is 16.7 Å². The number of carbonyl (C=O) groups excluding carboxylic acids is 1. The Kier molecular flexibility index (Phi) is 3.78. The molecule has 0 unspecified atom stereocenters. The van der Waals surface area contributed by atoms with Gasteiger partial charge >= 0.3 is 0 Å². The second kappa shape index (κ2) is 5.44. The van der Waals surface area contributed by atoms with Crippen molar-refractivity contribution in [3.05, 3.63) is 17.0 Å². The Balaban J connectivity index is 1.73. The molecule has 5 heteroatoms. The first-order chi connectivity index (χ1) is 10.0. The summed E-state index contributed by atoms with van der Waals surface area (Å²) in [5.41, 5.74) is 1.83. The fourth-order valence-corrected chi connectivity index (χ4v) is 3.61. The lowest BCUT2D eigenvalue weighted by atomic mass is 9.77. The topological polar surface area (TPSA) is 58.4 Å². The molecule has 2 fully saturated rings. The molecule has 0 saturated carbocycles. The number of aryl methyl sites for hydroxylation is 1. The van der Waals surface area contributed by atoms with Gasteiger partial charge in [0.2, 0.25) is 0 Å². The van der Waals surface area contributed by atoms with Crippen LogP contribution in [-0.2, 0) is 0 Å². The molecule has 1 amide bonds. The maximum Gasteiger partial charge on any atom is 0.259 e. The van der Waals surface area contributed by atoms with Crippen LogP contribution in [0.5, 0.6) is 0 Å². The van der Waals surface area contributed by atoms with Gasteiger partial charge in [0.1, 0.15) is 5.56 Å². The minimum atomic E-state index is 0.0956. The molecular weight excluding hydrogens is 266 g/mol. The zero-order valence-corrected chi connectivity index (χ0v) is 13.2. The molecule has 3 rings (SSSR count). The van der Waals surface area contributed by atoms with E-state index in [0.717, 1.165) is 44.8 Å². The minimum absolute atomic E-state index is 0.0956. The lowest BCUT2D eigenvalue weighted by molar-refractivity contribution is 0.0604. The maximum absolute atomic E-state index is 12.8. The van der Waals surface area contributed by atoms with Crippen molar-refractivity contribution in [1.29, 1.82) is 0 Å². The number of nitrogens with one attached hydrogen (secondary N) is 1. The van der Waals surface area contributed by atoms with Gasteiger partial charge in [0, 0.05) is 25.6 Å². The Morgan fingerprint density at radius 1 is 1.33 bits per heavy atom. The number of likely N-dealkylation sites (tertiary alicyclic amines) is 1. The first-order valence-corrected chi connectivity index (χ1v) is 7.99. The summed E-state index contributed by atoms with van der Waals surface area (Å²) >= 11 is 0. The first kappa shape index (κ1) is 14.6. The maximum atomic E-state index is 12.8. The lowest BCUT2D eigenvalue weighted by Crippen LogP contribution is -2.44. The highest BCUT2D eigenvalue weighted by molar-refractivity contribution is 5.96. The number of rotatable bonds is 2. The average molecular weight is 291 g/mol. The van der Waals surface area contributed by atoms with E-state index in [4.69, 9.17) is 4.52 Å². The van der Waals surface area contributed by atoms with E-state index in [9.17, 15) is 4.79 Å². The molecule has 1 aromatic rings. The summed E-state index contributed by atoms with van der Waals surface area (Å²) in [4.78, 5) is 14.8. The quantitative estimate of drug-likeness (QED) is 0.908. The highest BCUT2D eigenvalue weighted by Crippen LogP contribution is 2.37. The van der Waals surface area contributed by atoms with E-state index in [1.54, 1.807) is 0 Å². The summed E-state index contributed by atoms with van der Waals surface area (Å²) in [6.45, 7) is 9.85. The smallest absolute Gasteiger partial charge is 0.259 e. The van der Waals surface area contributed by atoms with Gasteiger partial charge in [-0.05, 0) is 38.1 Å². The summed E-state index contributed by atoms with van der Waals surface area (Å²) in [6.07, 6.45) is 3.46. The van der Waals surface area contributed by atoms with Crippen molar-refractivity contribution in [2.75, 3.05) is 26.2 Å². The van der Waals surface area contributed by atoms with Gasteiger partial charge in [-0.25, -0.2) is 0 Å². The molecule has 0 aromatic carbocycles. The highest BCUT2D eigenvalue weighted by Gasteiger charge is 2.39. The van der Waals surface area contributed by atoms with Gasteiger partial charge in [-0.1, -0.05) is 19.0 Å². The van der Waals surface area contributed by atoms with E-state index < -0.39 is 0 Å². The van der Waals surface area contributed by atoms with Gasteiger partial charge < -0.3 is 14.7 Å². The zero-order valence-electron chi connectivity index (χ0n) is 13.2. The summed E-state index contributed by atoms with van der Waals surface area (Å²) in [6, 6.07) is 0. The molecule has 0 atom stereocenters.